The van der Waals surface area contributed by atoms with E-state index in [1.54, 1.807) is 42.7 Å². The molecule has 1 amide bonds. The van der Waals surface area contributed by atoms with Crippen molar-refractivity contribution in [3.05, 3.63) is 80.7 Å². The van der Waals surface area contributed by atoms with E-state index in [1.807, 2.05) is 18.2 Å². The number of amides is 1. The van der Waals surface area contributed by atoms with Crippen LogP contribution in [-0.2, 0) is 4.74 Å². The van der Waals surface area contributed by atoms with Crippen molar-refractivity contribution in [3.63, 3.8) is 0 Å². The van der Waals surface area contributed by atoms with Crippen LogP contribution in [0, 0.1) is 13.8 Å². The number of morpholine rings is 1. The number of halogens is 1. The van der Waals surface area contributed by atoms with Gasteiger partial charge in [-0.15, -0.1) is 11.3 Å². The third-order valence-electron chi connectivity index (χ3n) is 5.90. The summed E-state index contributed by atoms with van der Waals surface area (Å²) in [4.78, 5) is 16.7. The van der Waals surface area contributed by atoms with Crippen molar-refractivity contribution >= 4 is 33.8 Å². The number of thiophene rings is 1. The fraction of sp³-hybridized carbons (Fsp3) is 0.320. The number of nitrogens with zero attached hydrogens (tertiary/aromatic N) is 1. The highest BCUT2D eigenvalue weighted by Crippen LogP contribution is 2.44. The van der Waals surface area contributed by atoms with Crippen molar-refractivity contribution < 1.29 is 14.3 Å². The molecule has 1 aliphatic rings. The van der Waals surface area contributed by atoms with E-state index in [1.165, 1.54) is 10.4 Å². The lowest BCUT2D eigenvalue weighted by Crippen LogP contribution is -2.40. The first kappa shape index (κ1) is 22.8. The van der Waals surface area contributed by atoms with Gasteiger partial charge in [-0.3, -0.25) is 9.69 Å². The number of carbonyl (C=O) groups is 1. The summed E-state index contributed by atoms with van der Waals surface area (Å²) in [6, 6.07) is 15.0. The maximum Gasteiger partial charge on any atom is 0.256 e. The van der Waals surface area contributed by atoms with Crippen LogP contribution in [0.25, 0.3) is 0 Å². The molecule has 1 saturated heterocycles. The average molecular weight is 471 g/mol. The first-order valence-electron chi connectivity index (χ1n) is 10.6. The van der Waals surface area contributed by atoms with E-state index in [-0.39, 0.29) is 11.9 Å². The van der Waals surface area contributed by atoms with Crippen LogP contribution in [0.5, 0.6) is 5.75 Å². The van der Waals surface area contributed by atoms with Crippen LogP contribution in [0.2, 0.25) is 5.02 Å². The lowest BCUT2D eigenvalue weighted by Gasteiger charge is -2.36. The quantitative estimate of drug-likeness (QED) is 0.502. The lowest BCUT2D eigenvalue weighted by molar-refractivity contribution is 0.0240. The summed E-state index contributed by atoms with van der Waals surface area (Å²) >= 11 is 8.28. The van der Waals surface area contributed by atoms with Crippen molar-refractivity contribution in [1.82, 2.24) is 4.90 Å². The zero-order valence-electron chi connectivity index (χ0n) is 18.5. The molecule has 32 heavy (non-hydrogen) atoms. The second-order valence-corrected chi connectivity index (χ2v) is 9.41. The Labute approximate surface area is 197 Å². The topological polar surface area (TPSA) is 50.8 Å². The Morgan fingerprint density at radius 1 is 1.12 bits per heavy atom. The average Bonchev–Trinajstić information content (AvgIpc) is 3.09. The number of aryl methyl sites for hydroxylation is 1. The standard InChI is InChI=1S/C25H27ClN2O3S/c1-16-17(2)32-25(27-24(29)18-8-10-19(30-3)11-9-18)22(16)23(28-12-14-31-15-13-28)20-6-4-5-7-21(20)26/h4-11,23H,12-15H2,1-3H3,(H,27,29)/t23-/m1/s1. The molecule has 1 fully saturated rings. The maximum atomic E-state index is 13.1. The molecule has 4 rings (SSSR count). The van der Waals surface area contributed by atoms with Gasteiger partial charge in [-0.25, -0.2) is 0 Å². The molecule has 0 saturated carbocycles. The number of rotatable bonds is 6. The van der Waals surface area contributed by atoms with E-state index in [0.29, 0.717) is 18.8 Å². The molecule has 3 aromatic rings. The van der Waals surface area contributed by atoms with Gasteiger partial charge in [0.15, 0.2) is 0 Å². The number of ether oxygens (including phenoxy) is 2. The van der Waals surface area contributed by atoms with E-state index in [4.69, 9.17) is 21.1 Å². The highest BCUT2D eigenvalue weighted by Gasteiger charge is 2.31. The predicted molar refractivity (Wildman–Crippen MR) is 130 cm³/mol. The minimum absolute atomic E-state index is 0.0660. The van der Waals surface area contributed by atoms with Crippen molar-refractivity contribution in [2.45, 2.75) is 19.9 Å². The van der Waals surface area contributed by atoms with Gasteiger partial charge in [0.05, 0.1) is 26.4 Å². The molecule has 1 aromatic heterocycles. The number of benzene rings is 2. The van der Waals surface area contributed by atoms with Crippen LogP contribution >= 0.6 is 22.9 Å². The molecule has 0 unspecified atom stereocenters. The molecule has 0 spiro atoms. The van der Waals surface area contributed by atoms with Crippen molar-refractivity contribution in [3.8, 4) is 5.75 Å². The second-order valence-electron chi connectivity index (χ2n) is 7.78. The van der Waals surface area contributed by atoms with Crippen LogP contribution in [0.1, 0.15) is 38.0 Å². The smallest absolute Gasteiger partial charge is 0.256 e. The molecule has 1 aliphatic heterocycles. The first-order chi connectivity index (χ1) is 15.5. The number of methoxy groups -OCH3 is 1. The van der Waals surface area contributed by atoms with Gasteiger partial charge in [-0.1, -0.05) is 29.8 Å². The Balaban J connectivity index is 1.74. The number of anilines is 1. The maximum absolute atomic E-state index is 13.1. The molecule has 2 aromatic carbocycles. The Morgan fingerprint density at radius 2 is 1.81 bits per heavy atom. The van der Waals surface area contributed by atoms with E-state index in [2.05, 4.69) is 30.1 Å². The molecule has 2 heterocycles. The van der Waals surface area contributed by atoms with E-state index < -0.39 is 0 Å². The van der Waals surface area contributed by atoms with Gasteiger partial charge in [-0.2, -0.15) is 0 Å². The number of hydrogen-bond acceptors (Lipinski definition) is 5. The minimum Gasteiger partial charge on any atom is -0.497 e. The summed E-state index contributed by atoms with van der Waals surface area (Å²) in [6.07, 6.45) is 0. The van der Waals surface area contributed by atoms with Crippen LogP contribution in [-0.4, -0.2) is 44.2 Å². The normalized spacial score (nSPS) is 15.4. The summed E-state index contributed by atoms with van der Waals surface area (Å²) in [6.45, 7) is 7.17. The molecule has 0 aliphatic carbocycles. The molecule has 168 valence electrons. The van der Waals surface area contributed by atoms with Crippen LogP contribution in [0.15, 0.2) is 48.5 Å². The fourth-order valence-electron chi connectivity index (χ4n) is 4.05. The number of hydrogen-bond donors (Lipinski definition) is 1. The van der Waals surface area contributed by atoms with Gasteiger partial charge in [0.2, 0.25) is 0 Å². The Hall–Kier alpha value is -2.38. The lowest BCUT2D eigenvalue weighted by atomic mass is 9.94. The summed E-state index contributed by atoms with van der Waals surface area (Å²) < 4.78 is 10.8. The summed E-state index contributed by atoms with van der Waals surface area (Å²) in [5, 5.41) is 4.75. The third-order valence-corrected chi connectivity index (χ3v) is 7.38. The first-order valence-corrected chi connectivity index (χ1v) is 11.8. The summed E-state index contributed by atoms with van der Waals surface area (Å²) in [7, 11) is 1.61. The second kappa shape index (κ2) is 10.0. The molecule has 1 N–H and O–H groups in total. The Morgan fingerprint density at radius 3 is 2.47 bits per heavy atom. The molecule has 0 radical (unpaired) electrons. The van der Waals surface area contributed by atoms with E-state index in [0.717, 1.165) is 40.0 Å². The summed E-state index contributed by atoms with van der Waals surface area (Å²) in [5.74, 6) is 0.575. The van der Waals surface area contributed by atoms with Gasteiger partial charge in [-0.05, 0) is 55.3 Å². The SMILES string of the molecule is COc1ccc(C(=O)Nc2sc(C)c(C)c2[C@@H](c2ccccc2Cl)N2CCOCC2)cc1. The molecule has 0 bridgehead atoms. The zero-order valence-corrected chi connectivity index (χ0v) is 20.1. The molecule has 1 atom stereocenters. The van der Waals surface area contributed by atoms with E-state index >= 15 is 0 Å². The van der Waals surface area contributed by atoms with Gasteiger partial charge >= 0.3 is 0 Å². The minimum atomic E-state index is -0.143. The summed E-state index contributed by atoms with van der Waals surface area (Å²) in [5.41, 5.74) is 3.90. The van der Waals surface area contributed by atoms with Crippen molar-refractivity contribution in [1.29, 1.82) is 0 Å². The Bertz CT molecular complexity index is 1090. The Kier molecular flexibility index (Phi) is 7.16. The fourth-order valence-corrected chi connectivity index (χ4v) is 5.38. The molecule has 5 nitrogen and oxygen atoms in total. The molecule has 7 heteroatoms. The molecular weight excluding hydrogens is 444 g/mol. The van der Waals surface area contributed by atoms with Gasteiger partial charge in [0, 0.05) is 34.1 Å². The van der Waals surface area contributed by atoms with Gasteiger partial charge in [0.1, 0.15) is 10.8 Å². The monoisotopic (exact) mass is 470 g/mol. The largest absolute Gasteiger partial charge is 0.497 e. The molecular formula is C25H27ClN2O3S. The number of nitrogens with one attached hydrogen (secondary N) is 1. The van der Waals surface area contributed by atoms with Gasteiger partial charge in [0.25, 0.3) is 5.91 Å². The van der Waals surface area contributed by atoms with Crippen molar-refractivity contribution in [2.24, 2.45) is 0 Å². The van der Waals surface area contributed by atoms with Crippen LogP contribution in [0.3, 0.4) is 0 Å². The third kappa shape index (κ3) is 4.69. The van der Waals surface area contributed by atoms with Gasteiger partial charge < -0.3 is 14.8 Å². The highest BCUT2D eigenvalue weighted by molar-refractivity contribution is 7.16. The van der Waals surface area contributed by atoms with Crippen LogP contribution in [0.4, 0.5) is 5.00 Å². The highest BCUT2D eigenvalue weighted by atomic mass is 35.5. The predicted octanol–water partition coefficient (Wildman–Crippen LogP) is 5.70. The number of carbonyl (C=O) groups excluding carboxylic acids is 1. The van der Waals surface area contributed by atoms with Crippen molar-refractivity contribution in [2.75, 3.05) is 38.7 Å². The van der Waals surface area contributed by atoms with Crippen LogP contribution < -0.4 is 10.1 Å². The zero-order chi connectivity index (χ0) is 22.7. The van der Waals surface area contributed by atoms with E-state index in [9.17, 15) is 4.79 Å².